The van der Waals surface area contributed by atoms with Gasteiger partial charge in [0.2, 0.25) is 0 Å². The van der Waals surface area contributed by atoms with Crippen LogP contribution in [0.1, 0.15) is 74.1 Å². The molecule has 4 heteroatoms. The number of unbranched alkanes of at least 4 members (excludes halogenated alkanes) is 1. The summed E-state index contributed by atoms with van der Waals surface area (Å²) in [6.45, 7) is 16.1. The van der Waals surface area contributed by atoms with E-state index >= 15 is 0 Å². The molecule has 1 rings (SSSR count). The van der Waals surface area contributed by atoms with E-state index in [1.807, 2.05) is 27.7 Å². The number of ether oxygens (including phenoxy) is 1. The predicted octanol–water partition coefficient (Wildman–Crippen LogP) is 5.23. The summed E-state index contributed by atoms with van der Waals surface area (Å²) in [5.41, 5.74) is -0.639. The van der Waals surface area contributed by atoms with Crippen LogP contribution in [0.4, 0.5) is 0 Å². The molecule has 0 unspecified atom stereocenters. The Labute approximate surface area is 145 Å². The summed E-state index contributed by atoms with van der Waals surface area (Å²) in [4.78, 5) is 0. The molecule has 1 aliphatic heterocycles. The highest BCUT2D eigenvalue weighted by Crippen LogP contribution is 2.58. The lowest BCUT2D eigenvalue weighted by Gasteiger charge is -2.49. The Balaban J connectivity index is 2.36. The van der Waals surface area contributed by atoms with Crippen LogP contribution in [-0.4, -0.2) is 53.5 Å². The zero-order chi connectivity index (χ0) is 17.7. The van der Waals surface area contributed by atoms with Crippen LogP contribution >= 0.6 is 7.26 Å². The SMILES string of the molecule is CC[P+](CC)(CC)CCCCOC1CC(C)(C)N([O])C(C)(C)C1. The Bertz CT molecular complexity index is 327. The molecule has 1 fully saturated rings. The van der Waals surface area contributed by atoms with E-state index in [4.69, 9.17) is 4.74 Å². The van der Waals surface area contributed by atoms with E-state index in [9.17, 15) is 5.21 Å². The number of hydrogen-bond acceptors (Lipinski definition) is 2. The minimum atomic E-state index is -0.665. The van der Waals surface area contributed by atoms with Crippen LogP contribution in [0.25, 0.3) is 0 Å². The van der Waals surface area contributed by atoms with Crippen molar-refractivity contribution in [3.8, 4) is 0 Å². The second kappa shape index (κ2) is 8.61. The first-order chi connectivity index (χ1) is 10.6. The molecule has 0 saturated carbocycles. The number of nitrogens with zero attached hydrogens (tertiary/aromatic N) is 1. The van der Waals surface area contributed by atoms with Crippen LogP contribution in [0.15, 0.2) is 0 Å². The molecule has 0 aromatic carbocycles. The van der Waals surface area contributed by atoms with Crippen molar-refractivity contribution in [1.82, 2.24) is 5.06 Å². The van der Waals surface area contributed by atoms with Gasteiger partial charge in [-0.1, -0.05) is 0 Å². The van der Waals surface area contributed by atoms with Gasteiger partial charge in [0.05, 0.1) is 30.8 Å². The Hall–Kier alpha value is 0.310. The molecule has 1 radical (unpaired) electrons. The molecule has 1 aliphatic rings. The molecule has 137 valence electrons. The van der Waals surface area contributed by atoms with Crippen molar-refractivity contribution in [3.63, 3.8) is 0 Å². The van der Waals surface area contributed by atoms with Gasteiger partial charge in [0, 0.05) is 24.9 Å². The van der Waals surface area contributed by atoms with Crippen molar-refractivity contribution in [2.75, 3.05) is 31.3 Å². The van der Waals surface area contributed by atoms with Crippen molar-refractivity contribution in [2.24, 2.45) is 0 Å². The van der Waals surface area contributed by atoms with E-state index in [1.54, 1.807) is 0 Å². The molecule has 1 heterocycles. The average Bonchev–Trinajstić information content (AvgIpc) is 2.48. The Morgan fingerprint density at radius 1 is 0.957 bits per heavy atom. The number of hydroxylamine groups is 2. The number of hydrogen-bond donors (Lipinski definition) is 0. The van der Waals surface area contributed by atoms with Gasteiger partial charge in [0.25, 0.3) is 0 Å². The zero-order valence-corrected chi connectivity index (χ0v) is 17.5. The Kier molecular flexibility index (Phi) is 7.99. The highest BCUT2D eigenvalue weighted by molar-refractivity contribution is 7.75. The fourth-order valence-electron chi connectivity index (χ4n) is 4.23. The van der Waals surface area contributed by atoms with Crippen molar-refractivity contribution in [3.05, 3.63) is 0 Å². The summed E-state index contributed by atoms with van der Waals surface area (Å²) in [5, 5.41) is 13.6. The summed E-state index contributed by atoms with van der Waals surface area (Å²) in [6, 6.07) is 0. The van der Waals surface area contributed by atoms with Gasteiger partial charge >= 0.3 is 0 Å². The maximum Gasteiger partial charge on any atom is 0.0611 e. The van der Waals surface area contributed by atoms with E-state index in [0.717, 1.165) is 19.4 Å². The molecule has 0 aliphatic carbocycles. The molecule has 23 heavy (non-hydrogen) atoms. The van der Waals surface area contributed by atoms with Crippen LogP contribution in [0.2, 0.25) is 0 Å². The summed E-state index contributed by atoms with van der Waals surface area (Å²) in [6.07, 6.45) is 9.99. The van der Waals surface area contributed by atoms with Crippen LogP contribution in [0, 0.1) is 0 Å². The minimum absolute atomic E-state index is 0.230. The molecule has 0 N–H and O–H groups in total. The summed E-state index contributed by atoms with van der Waals surface area (Å²) < 4.78 is 6.16. The molecule has 0 amide bonds. The number of rotatable bonds is 9. The van der Waals surface area contributed by atoms with E-state index in [2.05, 4.69) is 20.8 Å². The standard InChI is InChI=1S/C19H40NO2P/c1-8-23(9-2,10-3)14-12-11-13-22-17-15-18(4,5)20(21)19(6,7)16-17/h17H,8-16H2,1-7H3/q+1. The van der Waals surface area contributed by atoms with E-state index in [0.29, 0.717) is 0 Å². The molecule has 0 bridgehead atoms. The topological polar surface area (TPSA) is 32.4 Å². The summed E-state index contributed by atoms with van der Waals surface area (Å²) >= 11 is 0. The maximum absolute atomic E-state index is 12.4. The highest BCUT2D eigenvalue weighted by Gasteiger charge is 2.46. The van der Waals surface area contributed by atoms with E-state index < -0.39 is 7.26 Å². The fourth-order valence-corrected chi connectivity index (χ4v) is 7.42. The molecular formula is C19H40NO2P+. The van der Waals surface area contributed by atoms with Crippen molar-refractivity contribution < 1.29 is 9.94 Å². The largest absolute Gasteiger partial charge is 0.378 e. The fraction of sp³-hybridized carbons (Fsp3) is 1.00. The second-order valence-electron chi connectivity index (χ2n) is 8.54. The van der Waals surface area contributed by atoms with Gasteiger partial charge in [-0.15, -0.1) is 10.3 Å². The molecule has 1 saturated heterocycles. The third kappa shape index (κ3) is 5.66. The first kappa shape index (κ1) is 21.4. The summed E-state index contributed by atoms with van der Waals surface area (Å²) in [5.74, 6) is 0. The highest BCUT2D eigenvalue weighted by atomic mass is 31.2. The van der Waals surface area contributed by atoms with Crippen molar-refractivity contribution in [2.45, 2.75) is 91.3 Å². The van der Waals surface area contributed by atoms with Gasteiger partial charge in [0.15, 0.2) is 0 Å². The molecular weight excluding hydrogens is 305 g/mol. The van der Waals surface area contributed by atoms with Gasteiger partial charge in [0.1, 0.15) is 0 Å². The first-order valence-electron chi connectivity index (χ1n) is 9.56. The Morgan fingerprint density at radius 3 is 1.87 bits per heavy atom. The normalized spacial score (nSPS) is 22.4. The second-order valence-corrected chi connectivity index (χ2v) is 13.6. The van der Waals surface area contributed by atoms with Crippen molar-refractivity contribution >= 4 is 7.26 Å². The third-order valence-corrected chi connectivity index (χ3v) is 11.2. The third-order valence-electron chi connectivity index (χ3n) is 5.95. The average molecular weight is 346 g/mol. The maximum atomic E-state index is 12.4. The lowest BCUT2D eigenvalue weighted by atomic mass is 9.80. The zero-order valence-electron chi connectivity index (χ0n) is 16.7. The number of piperidine rings is 1. The van der Waals surface area contributed by atoms with Gasteiger partial charge < -0.3 is 4.74 Å². The van der Waals surface area contributed by atoms with E-state index in [1.165, 1.54) is 42.6 Å². The van der Waals surface area contributed by atoms with Gasteiger partial charge in [-0.3, -0.25) is 0 Å². The van der Waals surface area contributed by atoms with Crippen LogP contribution in [0.5, 0.6) is 0 Å². The van der Waals surface area contributed by atoms with E-state index in [-0.39, 0.29) is 17.2 Å². The van der Waals surface area contributed by atoms with Crippen LogP contribution < -0.4 is 0 Å². The summed E-state index contributed by atoms with van der Waals surface area (Å²) in [7, 11) is -0.665. The molecule has 3 nitrogen and oxygen atoms in total. The van der Waals surface area contributed by atoms with Gasteiger partial charge in [-0.05, 0) is 74.1 Å². The quantitative estimate of drug-likeness (QED) is 0.423. The predicted molar refractivity (Wildman–Crippen MR) is 102 cm³/mol. The smallest absolute Gasteiger partial charge is 0.0611 e. The molecule has 0 spiro atoms. The van der Waals surface area contributed by atoms with Gasteiger partial charge in [-0.2, -0.15) is 0 Å². The van der Waals surface area contributed by atoms with Crippen LogP contribution in [-0.2, 0) is 9.94 Å². The van der Waals surface area contributed by atoms with Crippen LogP contribution in [0.3, 0.4) is 0 Å². The Morgan fingerprint density at radius 2 is 1.43 bits per heavy atom. The first-order valence-corrected chi connectivity index (χ1v) is 12.1. The lowest BCUT2D eigenvalue weighted by Crippen LogP contribution is -2.59. The van der Waals surface area contributed by atoms with Gasteiger partial charge in [-0.25, -0.2) is 0 Å². The minimum Gasteiger partial charge on any atom is -0.378 e. The molecule has 0 atom stereocenters. The van der Waals surface area contributed by atoms with Crippen molar-refractivity contribution in [1.29, 1.82) is 0 Å². The molecule has 0 aromatic heterocycles. The monoisotopic (exact) mass is 345 g/mol. The molecule has 0 aromatic rings. The lowest BCUT2D eigenvalue weighted by molar-refractivity contribution is -0.301.